The van der Waals surface area contributed by atoms with Gasteiger partial charge >= 0.3 is 5.97 Å². The summed E-state index contributed by atoms with van der Waals surface area (Å²) in [7, 11) is 0. The van der Waals surface area contributed by atoms with Crippen LogP contribution >= 0.6 is 0 Å². The minimum absolute atomic E-state index is 0.351. The number of anilines is 1. The Kier molecular flexibility index (Phi) is 5.39. The molecule has 0 aliphatic rings. The van der Waals surface area contributed by atoms with E-state index in [-0.39, 0.29) is 5.91 Å². The molecular formula is C20H23NO3. The molecule has 2 rings (SSSR count). The average Bonchev–Trinajstić information content (AvgIpc) is 2.57. The summed E-state index contributed by atoms with van der Waals surface area (Å²) in [6.45, 7) is 7.12. The summed E-state index contributed by atoms with van der Waals surface area (Å²) in [5.41, 5.74) is 1.81. The van der Waals surface area contributed by atoms with Gasteiger partial charge < -0.3 is 10.1 Å². The summed E-state index contributed by atoms with van der Waals surface area (Å²) in [6, 6.07) is 16.8. The van der Waals surface area contributed by atoms with Crippen LogP contribution in [-0.2, 0) is 19.7 Å². The minimum Gasteiger partial charge on any atom is -0.452 e. The van der Waals surface area contributed by atoms with Crippen LogP contribution < -0.4 is 5.32 Å². The number of amides is 1. The smallest absolute Gasteiger partial charge is 0.316 e. The second kappa shape index (κ2) is 7.30. The largest absolute Gasteiger partial charge is 0.452 e. The van der Waals surface area contributed by atoms with E-state index in [1.165, 1.54) is 0 Å². The molecule has 2 aromatic carbocycles. The SMILES string of the molecule is Cc1ccc(NC(=O)[C@H](C)OC(=O)C(C)(C)c2ccccc2)cc1. The minimum atomic E-state index is -0.873. The average molecular weight is 325 g/mol. The molecule has 0 radical (unpaired) electrons. The molecule has 0 aromatic heterocycles. The molecule has 0 heterocycles. The zero-order valence-electron chi connectivity index (χ0n) is 14.5. The molecule has 0 aliphatic heterocycles. The maximum absolute atomic E-state index is 12.5. The number of ether oxygens (including phenoxy) is 1. The van der Waals surface area contributed by atoms with Crippen LogP contribution in [0.1, 0.15) is 31.9 Å². The first-order chi connectivity index (χ1) is 11.3. The Morgan fingerprint density at radius 2 is 1.58 bits per heavy atom. The van der Waals surface area contributed by atoms with E-state index >= 15 is 0 Å². The van der Waals surface area contributed by atoms with E-state index in [0.29, 0.717) is 5.69 Å². The number of rotatable bonds is 5. The molecule has 4 nitrogen and oxygen atoms in total. The van der Waals surface area contributed by atoms with Crippen molar-refractivity contribution in [2.24, 2.45) is 0 Å². The number of esters is 1. The van der Waals surface area contributed by atoms with Crippen molar-refractivity contribution in [1.29, 1.82) is 0 Å². The van der Waals surface area contributed by atoms with E-state index in [4.69, 9.17) is 4.74 Å². The van der Waals surface area contributed by atoms with Crippen molar-refractivity contribution in [2.75, 3.05) is 5.32 Å². The van der Waals surface area contributed by atoms with Crippen molar-refractivity contribution in [3.63, 3.8) is 0 Å². The summed E-state index contributed by atoms with van der Waals surface area (Å²) >= 11 is 0. The predicted molar refractivity (Wildman–Crippen MR) is 94.8 cm³/mol. The van der Waals surface area contributed by atoms with Gasteiger partial charge in [0, 0.05) is 5.69 Å². The van der Waals surface area contributed by atoms with Gasteiger partial charge in [-0.2, -0.15) is 0 Å². The van der Waals surface area contributed by atoms with Crippen LogP contribution in [0.2, 0.25) is 0 Å². The molecule has 0 fully saturated rings. The molecule has 1 amide bonds. The molecule has 0 bridgehead atoms. The highest BCUT2D eigenvalue weighted by atomic mass is 16.5. The Balaban J connectivity index is 2.00. The zero-order valence-corrected chi connectivity index (χ0v) is 14.5. The molecular weight excluding hydrogens is 302 g/mol. The Hall–Kier alpha value is -2.62. The third-order valence-corrected chi connectivity index (χ3v) is 3.98. The summed E-state index contributed by atoms with van der Waals surface area (Å²) in [5, 5.41) is 2.75. The van der Waals surface area contributed by atoms with Gasteiger partial charge in [-0.05, 0) is 45.4 Å². The third-order valence-electron chi connectivity index (χ3n) is 3.98. The van der Waals surface area contributed by atoms with E-state index < -0.39 is 17.5 Å². The van der Waals surface area contributed by atoms with Gasteiger partial charge in [-0.3, -0.25) is 9.59 Å². The van der Waals surface area contributed by atoms with Crippen molar-refractivity contribution in [1.82, 2.24) is 0 Å². The molecule has 126 valence electrons. The summed E-state index contributed by atoms with van der Waals surface area (Å²) in [4.78, 5) is 24.7. The highest BCUT2D eigenvalue weighted by Gasteiger charge is 2.33. The standard InChI is InChI=1S/C20H23NO3/c1-14-10-12-17(13-11-14)21-18(22)15(2)24-19(23)20(3,4)16-8-6-5-7-9-16/h5-13,15H,1-4H3,(H,21,22)/t15-/m0/s1. The maximum atomic E-state index is 12.5. The summed E-state index contributed by atoms with van der Waals surface area (Å²) < 4.78 is 5.38. The van der Waals surface area contributed by atoms with Crippen LogP contribution in [0.3, 0.4) is 0 Å². The first-order valence-corrected chi connectivity index (χ1v) is 7.95. The lowest BCUT2D eigenvalue weighted by atomic mass is 9.85. The lowest BCUT2D eigenvalue weighted by molar-refractivity contribution is -0.158. The van der Waals surface area contributed by atoms with Gasteiger partial charge in [0.2, 0.25) is 0 Å². The van der Waals surface area contributed by atoms with Gasteiger partial charge in [-0.1, -0.05) is 48.0 Å². The van der Waals surface area contributed by atoms with Crippen LogP contribution in [0.15, 0.2) is 54.6 Å². The van der Waals surface area contributed by atoms with Crippen molar-refractivity contribution >= 4 is 17.6 Å². The Morgan fingerprint density at radius 1 is 1.00 bits per heavy atom. The van der Waals surface area contributed by atoms with E-state index in [9.17, 15) is 9.59 Å². The van der Waals surface area contributed by atoms with Crippen molar-refractivity contribution in [3.8, 4) is 0 Å². The normalized spacial score (nSPS) is 12.3. The van der Waals surface area contributed by atoms with Gasteiger partial charge in [0.15, 0.2) is 6.10 Å². The van der Waals surface area contributed by atoms with Crippen LogP contribution in [0.25, 0.3) is 0 Å². The van der Waals surface area contributed by atoms with E-state index in [0.717, 1.165) is 11.1 Å². The molecule has 1 atom stereocenters. The van der Waals surface area contributed by atoms with Gasteiger partial charge in [0.05, 0.1) is 5.41 Å². The van der Waals surface area contributed by atoms with Gasteiger partial charge in [0.25, 0.3) is 5.91 Å². The van der Waals surface area contributed by atoms with E-state index in [1.54, 1.807) is 20.8 Å². The van der Waals surface area contributed by atoms with Crippen molar-refractivity contribution in [2.45, 2.75) is 39.2 Å². The topological polar surface area (TPSA) is 55.4 Å². The molecule has 1 N–H and O–H groups in total. The Labute approximate surface area is 142 Å². The fourth-order valence-corrected chi connectivity index (χ4v) is 2.21. The molecule has 0 saturated carbocycles. The monoisotopic (exact) mass is 325 g/mol. The molecule has 0 aliphatic carbocycles. The number of benzene rings is 2. The van der Waals surface area contributed by atoms with Gasteiger partial charge in [-0.15, -0.1) is 0 Å². The number of nitrogens with one attached hydrogen (secondary N) is 1. The van der Waals surface area contributed by atoms with E-state index in [2.05, 4.69) is 5.32 Å². The van der Waals surface area contributed by atoms with Gasteiger partial charge in [-0.25, -0.2) is 0 Å². The molecule has 24 heavy (non-hydrogen) atoms. The fourth-order valence-electron chi connectivity index (χ4n) is 2.21. The van der Waals surface area contributed by atoms with Crippen LogP contribution in [0.4, 0.5) is 5.69 Å². The highest BCUT2D eigenvalue weighted by Crippen LogP contribution is 2.25. The first kappa shape index (κ1) is 17.7. The number of carbonyl (C=O) groups excluding carboxylic acids is 2. The summed E-state index contributed by atoms with van der Waals surface area (Å²) in [5.74, 6) is -0.781. The maximum Gasteiger partial charge on any atom is 0.316 e. The zero-order chi connectivity index (χ0) is 17.7. The van der Waals surface area contributed by atoms with E-state index in [1.807, 2.05) is 61.5 Å². The van der Waals surface area contributed by atoms with Crippen LogP contribution in [0, 0.1) is 6.92 Å². The Morgan fingerprint density at radius 3 is 2.17 bits per heavy atom. The predicted octanol–water partition coefficient (Wildman–Crippen LogP) is 3.84. The number of aryl methyl sites for hydroxylation is 1. The van der Waals surface area contributed by atoms with Crippen molar-refractivity contribution < 1.29 is 14.3 Å². The number of hydrogen-bond acceptors (Lipinski definition) is 3. The van der Waals surface area contributed by atoms with Crippen LogP contribution in [-0.4, -0.2) is 18.0 Å². The first-order valence-electron chi connectivity index (χ1n) is 7.95. The molecule has 0 spiro atoms. The third kappa shape index (κ3) is 4.22. The number of carbonyl (C=O) groups is 2. The summed E-state index contributed by atoms with van der Waals surface area (Å²) in [6.07, 6.45) is -0.873. The second-order valence-corrected chi connectivity index (χ2v) is 6.39. The second-order valence-electron chi connectivity index (χ2n) is 6.39. The number of hydrogen-bond donors (Lipinski definition) is 1. The molecule has 4 heteroatoms. The quantitative estimate of drug-likeness (QED) is 0.850. The highest BCUT2D eigenvalue weighted by molar-refractivity contribution is 5.95. The fraction of sp³-hybridized carbons (Fsp3) is 0.300. The Bertz CT molecular complexity index is 705. The lowest BCUT2D eigenvalue weighted by Gasteiger charge is -2.25. The van der Waals surface area contributed by atoms with Crippen LogP contribution in [0.5, 0.6) is 0 Å². The van der Waals surface area contributed by atoms with Crippen molar-refractivity contribution in [3.05, 3.63) is 65.7 Å². The lowest BCUT2D eigenvalue weighted by Crippen LogP contribution is -2.37. The molecule has 0 unspecified atom stereocenters. The van der Waals surface area contributed by atoms with Gasteiger partial charge in [0.1, 0.15) is 0 Å². The molecule has 0 saturated heterocycles. The molecule has 2 aromatic rings.